The Morgan fingerprint density at radius 3 is 2.57 bits per heavy atom. The lowest BCUT2D eigenvalue weighted by Crippen LogP contribution is -2.08. The maximum atomic E-state index is 10.2. The number of benzene rings is 2. The van der Waals surface area contributed by atoms with E-state index in [4.69, 9.17) is 4.42 Å². The van der Waals surface area contributed by atoms with Gasteiger partial charge in [-0.15, -0.1) is 0 Å². The Morgan fingerprint density at radius 2 is 1.87 bits per heavy atom. The Kier molecular flexibility index (Phi) is 4.79. The zero-order chi connectivity index (χ0) is 20.7. The minimum Gasteiger partial charge on any atom is -0.454 e. The van der Waals surface area contributed by atoms with E-state index >= 15 is 0 Å². The Hall–Kier alpha value is -3.12. The molecule has 1 fully saturated rings. The molecule has 0 amide bonds. The predicted octanol–water partition coefficient (Wildman–Crippen LogP) is 7.69. The van der Waals surface area contributed by atoms with Gasteiger partial charge in [0.15, 0.2) is 5.58 Å². The molecule has 2 aromatic carbocycles. The van der Waals surface area contributed by atoms with Gasteiger partial charge in [-0.3, -0.25) is 4.98 Å². The van der Waals surface area contributed by atoms with Crippen LogP contribution in [0.25, 0.3) is 33.2 Å². The first-order valence-electron chi connectivity index (χ1n) is 11.0. The molecule has 3 nitrogen and oxygen atoms in total. The van der Waals surface area contributed by atoms with Gasteiger partial charge in [0.1, 0.15) is 11.7 Å². The van der Waals surface area contributed by atoms with Crippen LogP contribution in [-0.2, 0) is 0 Å². The van der Waals surface area contributed by atoms with Crippen LogP contribution in [0.4, 0.5) is 0 Å². The monoisotopic (exact) mass is 394 g/mol. The minimum absolute atomic E-state index is 0.349. The van der Waals surface area contributed by atoms with Gasteiger partial charge in [0, 0.05) is 22.5 Å². The summed E-state index contributed by atoms with van der Waals surface area (Å²) in [6, 6.07) is 17.0. The van der Waals surface area contributed by atoms with Crippen LogP contribution in [0, 0.1) is 11.3 Å². The van der Waals surface area contributed by atoms with Crippen LogP contribution in [-0.4, -0.2) is 4.98 Å². The molecule has 3 heteroatoms. The summed E-state index contributed by atoms with van der Waals surface area (Å²) in [5, 5.41) is 12.3. The average Bonchev–Trinajstić information content (AvgIpc) is 3.18. The summed E-state index contributed by atoms with van der Waals surface area (Å²) < 4.78 is 6.52. The number of hydrogen-bond donors (Lipinski definition) is 0. The maximum absolute atomic E-state index is 10.2. The number of aromatic nitrogens is 1. The molecule has 5 rings (SSSR count). The summed E-state index contributed by atoms with van der Waals surface area (Å²) in [4.78, 5) is 4.54. The van der Waals surface area contributed by atoms with Crippen molar-refractivity contribution in [2.24, 2.45) is 0 Å². The highest BCUT2D eigenvalue weighted by Gasteiger charge is 2.26. The molecule has 1 aliphatic carbocycles. The zero-order valence-corrected chi connectivity index (χ0v) is 17.6. The number of nitrogens with zero attached hydrogens (tertiary/aromatic N) is 2. The van der Waals surface area contributed by atoms with Gasteiger partial charge >= 0.3 is 0 Å². The molecule has 1 aliphatic rings. The first kappa shape index (κ1) is 18.9. The fourth-order valence-electron chi connectivity index (χ4n) is 5.05. The molecular weight excluding hydrogens is 368 g/mol. The van der Waals surface area contributed by atoms with Crippen molar-refractivity contribution in [1.29, 1.82) is 5.26 Å². The van der Waals surface area contributed by atoms with Crippen LogP contribution < -0.4 is 0 Å². The van der Waals surface area contributed by atoms with Gasteiger partial charge in [-0.1, -0.05) is 57.4 Å². The molecule has 0 unspecified atom stereocenters. The largest absolute Gasteiger partial charge is 0.454 e. The molecule has 150 valence electrons. The predicted molar refractivity (Wildman–Crippen MR) is 122 cm³/mol. The van der Waals surface area contributed by atoms with E-state index in [2.05, 4.69) is 49.2 Å². The highest BCUT2D eigenvalue weighted by atomic mass is 16.3. The van der Waals surface area contributed by atoms with Crippen molar-refractivity contribution in [2.75, 3.05) is 0 Å². The lowest BCUT2D eigenvalue weighted by atomic mass is 9.80. The van der Waals surface area contributed by atoms with Crippen LogP contribution in [0.5, 0.6) is 0 Å². The van der Waals surface area contributed by atoms with Gasteiger partial charge in [0.05, 0.1) is 11.3 Å². The van der Waals surface area contributed by atoms with Crippen LogP contribution in [0.2, 0.25) is 0 Å². The summed E-state index contributed by atoms with van der Waals surface area (Å²) >= 11 is 0. The second-order valence-electron chi connectivity index (χ2n) is 8.73. The second kappa shape index (κ2) is 7.61. The fourth-order valence-corrected chi connectivity index (χ4v) is 5.05. The van der Waals surface area contributed by atoms with Crippen LogP contribution in [0.3, 0.4) is 0 Å². The Bertz CT molecular complexity index is 1260. The summed E-state index contributed by atoms with van der Waals surface area (Å²) in [5.41, 5.74) is 6.63. The highest BCUT2D eigenvalue weighted by molar-refractivity contribution is 6.12. The summed E-state index contributed by atoms with van der Waals surface area (Å²) in [5.74, 6) is 0.806. The highest BCUT2D eigenvalue weighted by Crippen LogP contribution is 2.44. The number of fused-ring (bicyclic) bond motifs is 3. The molecule has 4 aromatic rings. The van der Waals surface area contributed by atoms with E-state index < -0.39 is 0 Å². The van der Waals surface area contributed by atoms with Crippen molar-refractivity contribution in [3.05, 3.63) is 65.4 Å². The molecule has 2 heterocycles. The van der Waals surface area contributed by atoms with E-state index in [0.717, 1.165) is 51.6 Å². The molecule has 1 saturated carbocycles. The van der Waals surface area contributed by atoms with E-state index in [9.17, 15) is 5.26 Å². The summed E-state index contributed by atoms with van der Waals surface area (Å²) in [6.07, 6.45) is 7.92. The van der Waals surface area contributed by atoms with Gasteiger partial charge in [-0.25, -0.2) is 0 Å². The molecule has 2 aromatic heterocycles. The van der Waals surface area contributed by atoms with Crippen LogP contribution in [0.1, 0.15) is 74.5 Å². The third-order valence-electron chi connectivity index (χ3n) is 6.55. The van der Waals surface area contributed by atoms with E-state index in [1.54, 1.807) is 6.20 Å². The molecule has 0 aliphatic heterocycles. The molecule has 0 N–H and O–H groups in total. The maximum Gasteiger partial charge on any atom is 0.153 e. The molecule has 30 heavy (non-hydrogen) atoms. The van der Waals surface area contributed by atoms with E-state index in [-0.39, 0.29) is 0 Å². The molecular formula is C27H26N2O. The quantitative estimate of drug-likeness (QED) is 0.358. The van der Waals surface area contributed by atoms with Crippen molar-refractivity contribution in [1.82, 2.24) is 4.98 Å². The van der Waals surface area contributed by atoms with Crippen molar-refractivity contribution in [2.45, 2.75) is 57.8 Å². The van der Waals surface area contributed by atoms with Gasteiger partial charge < -0.3 is 4.42 Å². The number of furan rings is 1. The summed E-state index contributed by atoms with van der Waals surface area (Å²) in [7, 11) is 0. The minimum atomic E-state index is 0.349. The molecule has 0 spiro atoms. The lowest BCUT2D eigenvalue weighted by molar-refractivity contribution is 0.442. The van der Waals surface area contributed by atoms with Crippen molar-refractivity contribution < 1.29 is 4.42 Å². The van der Waals surface area contributed by atoms with E-state index in [1.807, 2.05) is 18.2 Å². The van der Waals surface area contributed by atoms with Crippen LogP contribution >= 0.6 is 0 Å². The van der Waals surface area contributed by atoms with Crippen molar-refractivity contribution >= 4 is 21.9 Å². The van der Waals surface area contributed by atoms with E-state index in [1.165, 1.54) is 30.4 Å². The molecule has 0 atom stereocenters. The number of hydrogen-bond acceptors (Lipinski definition) is 3. The smallest absolute Gasteiger partial charge is 0.153 e. The van der Waals surface area contributed by atoms with Gasteiger partial charge in [0.25, 0.3) is 0 Å². The second-order valence-corrected chi connectivity index (χ2v) is 8.73. The normalized spacial score (nSPS) is 15.1. The lowest BCUT2D eigenvalue weighted by Gasteiger charge is -2.24. The number of nitriles is 1. The number of para-hydroxylation sites is 1. The first-order chi connectivity index (χ1) is 14.7. The SMILES string of the molecule is CC(C)c1cc(C2CCCCC2)c(C#N)c2oc3c(-c4ccccn4)cccc3c12. The van der Waals surface area contributed by atoms with Crippen molar-refractivity contribution in [3.63, 3.8) is 0 Å². The average molecular weight is 395 g/mol. The van der Waals surface area contributed by atoms with Gasteiger partial charge in [0.2, 0.25) is 0 Å². The first-order valence-corrected chi connectivity index (χ1v) is 11.0. The Morgan fingerprint density at radius 1 is 1.03 bits per heavy atom. The molecule has 0 bridgehead atoms. The van der Waals surface area contributed by atoms with Gasteiger partial charge in [-0.2, -0.15) is 5.26 Å². The Balaban J connectivity index is 1.85. The fraction of sp³-hybridized carbons (Fsp3) is 0.333. The zero-order valence-electron chi connectivity index (χ0n) is 17.6. The number of pyridine rings is 1. The van der Waals surface area contributed by atoms with Gasteiger partial charge in [-0.05, 0) is 54.0 Å². The number of rotatable bonds is 3. The Labute approximate surface area is 177 Å². The third-order valence-corrected chi connectivity index (χ3v) is 6.55. The van der Waals surface area contributed by atoms with E-state index in [0.29, 0.717) is 11.8 Å². The van der Waals surface area contributed by atoms with Crippen molar-refractivity contribution in [3.8, 4) is 17.3 Å². The topological polar surface area (TPSA) is 49.8 Å². The molecule has 0 radical (unpaired) electrons. The third kappa shape index (κ3) is 2.99. The molecule has 0 saturated heterocycles. The van der Waals surface area contributed by atoms with Crippen LogP contribution in [0.15, 0.2) is 53.1 Å². The standard InChI is InChI=1S/C27H26N2O/c1-17(2)21-15-22(18-9-4-3-5-10-18)23(16-28)27-25(21)20-12-8-11-19(26(20)30-27)24-13-6-7-14-29-24/h6-8,11-15,17-18H,3-5,9-10H2,1-2H3. The summed E-state index contributed by atoms with van der Waals surface area (Å²) in [6.45, 7) is 4.46.